The van der Waals surface area contributed by atoms with Gasteiger partial charge in [-0.15, -0.1) is 11.3 Å². The topological polar surface area (TPSA) is 29.1 Å². The maximum atomic E-state index is 11.4. The van der Waals surface area contributed by atoms with Crippen LogP contribution in [0.1, 0.15) is 23.5 Å². The molecule has 0 aliphatic carbocycles. The van der Waals surface area contributed by atoms with Gasteiger partial charge in [0.2, 0.25) is 0 Å². The predicted molar refractivity (Wildman–Crippen MR) is 60.6 cm³/mol. The zero-order valence-corrected chi connectivity index (χ0v) is 9.30. The molecule has 1 aromatic rings. The van der Waals surface area contributed by atoms with Gasteiger partial charge in [0, 0.05) is 18.8 Å². The van der Waals surface area contributed by atoms with Crippen LogP contribution >= 0.6 is 11.3 Å². The molecule has 0 amide bonds. The van der Waals surface area contributed by atoms with Crippen molar-refractivity contribution in [3.63, 3.8) is 0 Å². The Morgan fingerprint density at radius 3 is 3.00 bits per heavy atom. The highest BCUT2D eigenvalue weighted by molar-refractivity contribution is 7.12. The van der Waals surface area contributed by atoms with Crippen LogP contribution in [0.2, 0.25) is 0 Å². The fourth-order valence-electron chi connectivity index (χ4n) is 0.939. The second-order valence-electron chi connectivity index (χ2n) is 3.48. The van der Waals surface area contributed by atoms with Crippen molar-refractivity contribution in [3.05, 3.63) is 34.7 Å². The minimum Gasteiger partial charge on any atom is -0.391 e. The minimum absolute atomic E-state index is 0.0660. The molecule has 0 aliphatic rings. The highest BCUT2D eigenvalue weighted by Crippen LogP contribution is 2.09. The van der Waals surface area contributed by atoms with Crippen LogP contribution in [-0.2, 0) is 0 Å². The molecule has 76 valence electrons. The van der Waals surface area contributed by atoms with E-state index in [2.05, 4.69) is 19.2 Å². The normalized spacial score (nSPS) is 11.1. The summed E-state index contributed by atoms with van der Waals surface area (Å²) in [6.45, 7) is 5.15. The lowest BCUT2D eigenvalue weighted by atomic mass is 10.2. The van der Waals surface area contributed by atoms with E-state index in [-0.39, 0.29) is 5.78 Å². The van der Waals surface area contributed by atoms with E-state index in [0.29, 0.717) is 5.92 Å². The predicted octanol–water partition coefficient (Wildman–Crippen LogP) is 2.69. The van der Waals surface area contributed by atoms with E-state index in [1.807, 2.05) is 17.5 Å². The molecule has 0 atom stereocenters. The lowest BCUT2D eigenvalue weighted by molar-refractivity contribution is 0.105. The largest absolute Gasteiger partial charge is 0.391 e. The quantitative estimate of drug-likeness (QED) is 0.596. The van der Waals surface area contributed by atoms with Gasteiger partial charge >= 0.3 is 0 Å². The SMILES string of the molecule is CC(C)CN/C=C\C(=O)c1cccs1. The van der Waals surface area contributed by atoms with E-state index in [4.69, 9.17) is 0 Å². The summed E-state index contributed by atoms with van der Waals surface area (Å²) < 4.78 is 0. The number of nitrogens with one attached hydrogen (secondary N) is 1. The molecule has 0 saturated heterocycles. The fourth-order valence-corrected chi connectivity index (χ4v) is 1.58. The molecule has 1 N–H and O–H groups in total. The number of thiophene rings is 1. The first-order chi connectivity index (χ1) is 6.70. The average Bonchev–Trinajstić information content (AvgIpc) is 2.64. The van der Waals surface area contributed by atoms with Crippen molar-refractivity contribution in [1.29, 1.82) is 0 Å². The van der Waals surface area contributed by atoms with Crippen molar-refractivity contribution in [2.24, 2.45) is 5.92 Å². The van der Waals surface area contributed by atoms with Crippen molar-refractivity contribution < 1.29 is 4.79 Å². The van der Waals surface area contributed by atoms with Gasteiger partial charge in [0.15, 0.2) is 5.78 Å². The van der Waals surface area contributed by atoms with Crippen LogP contribution in [0.3, 0.4) is 0 Å². The lowest BCUT2D eigenvalue weighted by Crippen LogP contribution is -2.13. The van der Waals surface area contributed by atoms with E-state index < -0.39 is 0 Å². The molecule has 2 nitrogen and oxygen atoms in total. The van der Waals surface area contributed by atoms with E-state index in [1.54, 1.807) is 12.3 Å². The van der Waals surface area contributed by atoms with Crippen molar-refractivity contribution >= 4 is 17.1 Å². The molecule has 0 saturated carbocycles. The summed E-state index contributed by atoms with van der Waals surface area (Å²) in [5, 5.41) is 4.99. The van der Waals surface area contributed by atoms with E-state index in [9.17, 15) is 4.79 Å². The maximum absolute atomic E-state index is 11.4. The summed E-state index contributed by atoms with van der Waals surface area (Å²) in [6.07, 6.45) is 3.30. The van der Waals surface area contributed by atoms with Crippen LogP contribution < -0.4 is 5.32 Å². The Morgan fingerprint density at radius 2 is 2.43 bits per heavy atom. The molecule has 0 spiro atoms. The Hall–Kier alpha value is -1.09. The third kappa shape index (κ3) is 3.75. The van der Waals surface area contributed by atoms with Gasteiger partial charge in [0.05, 0.1) is 4.88 Å². The summed E-state index contributed by atoms with van der Waals surface area (Å²) in [4.78, 5) is 12.2. The molecule has 0 radical (unpaired) electrons. The first-order valence-corrected chi connectivity index (χ1v) is 5.56. The molecular formula is C11H15NOS. The Balaban J connectivity index is 2.34. The fraction of sp³-hybridized carbons (Fsp3) is 0.364. The highest BCUT2D eigenvalue weighted by atomic mass is 32.1. The molecule has 14 heavy (non-hydrogen) atoms. The van der Waals surface area contributed by atoms with Gasteiger partial charge in [-0.2, -0.15) is 0 Å². The van der Waals surface area contributed by atoms with Crippen LogP contribution in [0, 0.1) is 5.92 Å². The molecule has 1 rings (SSSR count). The third-order valence-corrected chi connectivity index (χ3v) is 2.53. The smallest absolute Gasteiger partial charge is 0.197 e. The van der Waals surface area contributed by atoms with Gasteiger partial charge in [0.1, 0.15) is 0 Å². The third-order valence-electron chi connectivity index (χ3n) is 1.64. The van der Waals surface area contributed by atoms with Crippen molar-refractivity contribution in [2.45, 2.75) is 13.8 Å². The Labute approximate surface area is 88.6 Å². The first kappa shape index (κ1) is 11.0. The highest BCUT2D eigenvalue weighted by Gasteiger charge is 2.00. The Morgan fingerprint density at radius 1 is 1.64 bits per heavy atom. The summed E-state index contributed by atoms with van der Waals surface area (Å²) in [5.74, 6) is 0.660. The van der Waals surface area contributed by atoms with Crippen LogP contribution in [0.25, 0.3) is 0 Å². The van der Waals surface area contributed by atoms with E-state index in [0.717, 1.165) is 11.4 Å². The van der Waals surface area contributed by atoms with Gasteiger partial charge < -0.3 is 5.32 Å². The summed E-state index contributed by atoms with van der Waals surface area (Å²) in [5.41, 5.74) is 0. The number of hydrogen-bond acceptors (Lipinski definition) is 3. The molecule has 0 unspecified atom stereocenters. The number of carbonyl (C=O) groups excluding carboxylic acids is 1. The zero-order chi connectivity index (χ0) is 10.4. The summed E-state index contributed by atoms with van der Waals surface area (Å²) in [6, 6.07) is 3.72. The van der Waals surface area contributed by atoms with Crippen LogP contribution in [0.5, 0.6) is 0 Å². The van der Waals surface area contributed by atoms with Gasteiger partial charge in [-0.3, -0.25) is 4.79 Å². The number of rotatable bonds is 5. The van der Waals surface area contributed by atoms with Crippen LogP contribution in [0.15, 0.2) is 29.8 Å². The molecule has 0 aliphatic heterocycles. The molecule has 0 aromatic carbocycles. The van der Waals surface area contributed by atoms with Crippen molar-refractivity contribution in [2.75, 3.05) is 6.54 Å². The average molecular weight is 209 g/mol. The standard InChI is InChI=1S/C11H15NOS/c1-9(2)8-12-6-5-10(13)11-4-3-7-14-11/h3-7,9,12H,8H2,1-2H3/b6-5-. The van der Waals surface area contributed by atoms with E-state index >= 15 is 0 Å². The lowest BCUT2D eigenvalue weighted by Gasteiger charge is -2.02. The monoisotopic (exact) mass is 209 g/mol. The van der Waals surface area contributed by atoms with Gasteiger partial charge in [-0.1, -0.05) is 19.9 Å². The summed E-state index contributed by atoms with van der Waals surface area (Å²) in [7, 11) is 0. The molecule has 0 bridgehead atoms. The molecule has 0 fully saturated rings. The molecule has 3 heteroatoms. The molecule has 1 heterocycles. The Kier molecular flexibility index (Phi) is 4.40. The van der Waals surface area contributed by atoms with Gasteiger partial charge in [0.25, 0.3) is 0 Å². The van der Waals surface area contributed by atoms with Crippen LogP contribution in [-0.4, -0.2) is 12.3 Å². The second-order valence-corrected chi connectivity index (χ2v) is 4.42. The Bertz CT molecular complexity index is 301. The van der Waals surface area contributed by atoms with E-state index in [1.165, 1.54) is 11.3 Å². The number of carbonyl (C=O) groups is 1. The number of ketones is 1. The number of hydrogen-bond donors (Lipinski definition) is 1. The van der Waals surface area contributed by atoms with Crippen LogP contribution in [0.4, 0.5) is 0 Å². The minimum atomic E-state index is 0.0660. The second kappa shape index (κ2) is 5.60. The van der Waals surface area contributed by atoms with Crippen molar-refractivity contribution in [1.82, 2.24) is 5.32 Å². The summed E-state index contributed by atoms with van der Waals surface area (Å²) >= 11 is 1.47. The van der Waals surface area contributed by atoms with Gasteiger partial charge in [-0.05, 0) is 17.4 Å². The van der Waals surface area contributed by atoms with Gasteiger partial charge in [-0.25, -0.2) is 0 Å². The van der Waals surface area contributed by atoms with Crippen molar-refractivity contribution in [3.8, 4) is 0 Å². The number of allylic oxidation sites excluding steroid dienone is 1. The molecule has 1 aromatic heterocycles. The first-order valence-electron chi connectivity index (χ1n) is 4.68. The molecular weight excluding hydrogens is 194 g/mol. The maximum Gasteiger partial charge on any atom is 0.197 e. The zero-order valence-electron chi connectivity index (χ0n) is 8.49.